The average molecular weight is 379 g/mol. The molecule has 1 aliphatic rings. The molecular weight excluding hydrogens is 354 g/mol. The van der Waals surface area contributed by atoms with Gasteiger partial charge in [-0.25, -0.2) is 9.97 Å². The maximum Gasteiger partial charge on any atom is 0.265 e. The third-order valence-electron chi connectivity index (χ3n) is 4.99. The molecule has 0 amide bonds. The van der Waals surface area contributed by atoms with Gasteiger partial charge in [-0.05, 0) is 36.6 Å². The maximum absolute atomic E-state index is 5.52. The van der Waals surface area contributed by atoms with Gasteiger partial charge in [0.05, 0.1) is 5.92 Å². The second kappa shape index (κ2) is 7.92. The maximum atomic E-state index is 5.52. The molecular formula is C20H25N7O. The van der Waals surface area contributed by atoms with Crippen molar-refractivity contribution >= 4 is 11.8 Å². The van der Waals surface area contributed by atoms with Crippen LogP contribution in [0, 0.1) is 0 Å². The van der Waals surface area contributed by atoms with E-state index in [2.05, 4.69) is 33.0 Å². The first-order valence-corrected chi connectivity index (χ1v) is 9.68. The highest BCUT2D eigenvalue weighted by molar-refractivity contribution is 5.57. The van der Waals surface area contributed by atoms with E-state index in [1.807, 2.05) is 31.1 Å². The quantitative estimate of drug-likeness (QED) is 0.669. The van der Waals surface area contributed by atoms with Crippen molar-refractivity contribution in [3.05, 3.63) is 42.2 Å². The summed E-state index contributed by atoms with van der Waals surface area (Å²) in [6, 6.07) is 5.98. The molecule has 4 rings (SSSR count). The van der Waals surface area contributed by atoms with Crippen LogP contribution in [0.15, 0.2) is 35.1 Å². The lowest BCUT2D eigenvalue weighted by atomic mass is 9.98. The van der Waals surface area contributed by atoms with Crippen molar-refractivity contribution in [3.8, 4) is 11.4 Å². The molecule has 1 fully saturated rings. The van der Waals surface area contributed by atoms with Crippen molar-refractivity contribution in [3.63, 3.8) is 0 Å². The average Bonchev–Trinajstić information content (AvgIpc) is 3.25. The van der Waals surface area contributed by atoms with E-state index in [1.54, 1.807) is 12.4 Å². The predicted molar refractivity (Wildman–Crippen MR) is 107 cm³/mol. The summed E-state index contributed by atoms with van der Waals surface area (Å²) in [6.45, 7) is 3.88. The zero-order chi connectivity index (χ0) is 19.5. The summed E-state index contributed by atoms with van der Waals surface area (Å²) < 4.78 is 5.52. The largest absolute Gasteiger partial charge is 0.356 e. The third kappa shape index (κ3) is 3.81. The SMILES string of the molecule is CCc1cc(N2CCCC(c3nc(N(C)C)no3)C2)nc(-c2ccncc2)n1. The number of piperidine rings is 1. The van der Waals surface area contributed by atoms with Gasteiger partial charge in [-0.2, -0.15) is 4.98 Å². The van der Waals surface area contributed by atoms with Gasteiger partial charge in [0.1, 0.15) is 5.82 Å². The Hall–Kier alpha value is -3.03. The van der Waals surface area contributed by atoms with Gasteiger partial charge >= 0.3 is 0 Å². The van der Waals surface area contributed by atoms with Gasteiger partial charge in [0, 0.05) is 56.9 Å². The van der Waals surface area contributed by atoms with E-state index in [0.717, 1.165) is 55.3 Å². The minimum atomic E-state index is 0.208. The second-order valence-electron chi connectivity index (χ2n) is 7.24. The topological polar surface area (TPSA) is 84.1 Å². The van der Waals surface area contributed by atoms with E-state index in [9.17, 15) is 0 Å². The molecule has 8 heteroatoms. The Labute approximate surface area is 164 Å². The Morgan fingerprint density at radius 1 is 1.18 bits per heavy atom. The van der Waals surface area contributed by atoms with E-state index >= 15 is 0 Å². The lowest BCUT2D eigenvalue weighted by Crippen LogP contribution is -2.35. The number of rotatable bonds is 5. The standard InChI is InChI=1S/C20H25N7O/c1-4-16-12-17(23-18(22-16)14-7-9-21-10-8-14)27-11-5-6-15(13-27)19-24-20(25-28-19)26(2)3/h7-10,12,15H,4-6,11,13H2,1-3H3. The monoisotopic (exact) mass is 379 g/mol. The fraction of sp³-hybridized carbons (Fsp3) is 0.450. The van der Waals surface area contributed by atoms with E-state index in [-0.39, 0.29) is 5.92 Å². The number of aryl methyl sites for hydroxylation is 1. The third-order valence-corrected chi connectivity index (χ3v) is 4.99. The minimum Gasteiger partial charge on any atom is -0.356 e. The normalized spacial score (nSPS) is 17.0. The molecule has 1 aliphatic heterocycles. The molecule has 0 N–H and O–H groups in total. The summed E-state index contributed by atoms with van der Waals surface area (Å²) in [5.41, 5.74) is 2.01. The second-order valence-corrected chi connectivity index (χ2v) is 7.24. The van der Waals surface area contributed by atoms with Crippen LogP contribution in [0.2, 0.25) is 0 Å². The summed E-state index contributed by atoms with van der Waals surface area (Å²) in [6.07, 6.45) is 6.49. The van der Waals surface area contributed by atoms with Crippen LogP contribution in [-0.2, 0) is 6.42 Å². The highest BCUT2D eigenvalue weighted by Gasteiger charge is 2.27. The zero-order valence-corrected chi connectivity index (χ0v) is 16.5. The molecule has 146 valence electrons. The highest BCUT2D eigenvalue weighted by Crippen LogP contribution is 2.30. The summed E-state index contributed by atoms with van der Waals surface area (Å²) in [4.78, 5) is 22.3. The molecule has 3 aromatic rings. The highest BCUT2D eigenvalue weighted by atomic mass is 16.5. The number of pyridine rings is 1. The van der Waals surface area contributed by atoms with Gasteiger partial charge in [-0.15, -0.1) is 0 Å². The van der Waals surface area contributed by atoms with Gasteiger partial charge in [0.2, 0.25) is 5.89 Å². The van der Waals surface area contributed by atoms with Crippen LogP contribution in [0.3, 0.4) is 0 Å². The van der Waals surface area contributed by atoms with E-state index in [0.29, 0.717) is 11.8 Å². The van der Waals surface area contributed by atoms with Gasteiger partial charge in [0.15, 0.2) is 5.82 Å². The fourth-order valence-corrected chi connectivity index (χ4v) is 3.42. The molecule has 4 heterocycles. The minimum absolute atomic E-state index is 0.208. The predicted octanol–water partition coefficient (Wildman–Crippen LogP) is 2.93. The lowest BCUT2D eigenvalue weighted by molar-refractivity contribution is 0.332. The van der Waals surface area contributed by atoms with E-state index in [1.165, 1.54) is 0 Å². The molecule has 1 saturated heterocycles. The van der Waals surface area contributed by atoms with Crippen LogP contribution in [0.1, 0.15) is 37.3 Å². The van der Waals surface area contributed by atoms with E-state index in [4.69, 9.17) is 14.5 Å². The van der Waals surface area contributed by atoms with Crippen LogP contribution in [-0.4, -0.2) is 52.3 Å². The molecule has 0 bridgehead atoms. The first kappa shape index (κ1) is 18.3. The summed E-state index contributed by atoms with van der Waals surface area (Å²) in [5, 5.41) is 4.06. The molecule has 0 aromatic carbocycles. The molecule has 8 nitrogen and oxygen atoms in total. The smallest absolute Gasteiger partial charge is 0.265 e. The van der Waals surface area contributed by atoms with Crippen LogP contribution in [0.4, 0.5) is 11.8 Å². The van der Waals surface area contributed by atoms with Crippen LogP contribution in [0.25, 0.3) is 11.4 Å². The van der Waals surface area contributed by atoms with Crippen LogP contribution < -0.4 is 9.80 Å². The Balaban J connectivity index is 1.60. The molecule has 0 saturated carbocycles. The van der Waals surface area contributed by atoms with Gasteiger partial charge in [-0.3, -0.25) is 4.98 Å². The van der Waals surface area contributed by atoms with Gasteiger partial charge < -0.3 is 14.3 Å². The number of hydrogen-bond acceptors (Lipinski definition) is 8. The first-order chi connectivity index (χ1) is 13.6. The molecule has 1 unspecified atom stereocenters. The Morgan fingerprint density at radius 3 is 2.71 bits per heavy atom. The van der Waals surface area contributed by atoms with Crippen molar-refractivity contribution in [1.82, 2.24) is 25.1 Å². The summed E-state index contributed by atoms with van der Waals surface area (Å²) in [7, 11) is 3.82. The molecule has 0 spiro atoms. The Kier molecular flexibility index (Phi) is 5.18. The summed E-state index contributed by atoms with van der Waals surface area (Å²) >= 11 is 0. The van der Waals surface area contributed by atoms with Crippen LogP contribution >= 0.6 is 0 Å². The van der Waals surface area contributed by atoms with Crippen molar-refractivity contribution < 1.29 is 4.52 Å². The molecule has 1 atom stereocenters. The molecule has 0 aliphatic carbocycles. The van der Waals surface area contributed by atoms with Gasteiger partial charge in [0.25, 0.3) is 5.95 Å². The summed E-state index contributed by atoms with van der Waals surface area (Å²) in [5.74, 6) is 3.22. The fourth-order valence-electron chi connectivity index (χ4n) is 3.42. The number of aromatic nitrogens is 5. The van der Waals surface area contributed by atoms with Crippen molar-refractivity contribution in [2.24, 2.45) is 0 Å². The molecule has 3 aromatic heterocycles. The lowest BCUT2D eigenvalue weighted by Gasteiger charge is -2.32. The molecule has 28 heavy (non-hydrogen) atoms. The van der Waals surface area contributed by atoms with Gasteiger partial charge in [-0.1, -0.05) is 6.92 Å². The van der Waals surface area contributed by atoms with Crippen molar-refractivity contribution in [1.29, 1.82) is 0 Å². The Bertz CT molecular complexity index is 925. The number of anilines is 2. The number of nitrogens with zero attached hydrogens (tertiary/aromatic N) is 7. The van der Waals surface area contributed by atoms with Crippen LogP contribution in [0.5, 0.6) is 0 Å². The van der Waals surface area contributed by atoms with E-state index < -0.39 is 0 Å². The van der Waals surface area contributed by atoms with Crippen molar-refractivity contribution in [2.45, 2.75) is 32.1 Å². The Morgan fingerprint density at radius 2 is 2.00 bits per heavy atom. The first-order valence-electron chi connectivity index (χ1n) is 9.68. The zero-order valence-electron chi connectivity index (χ0n) is 16.5. The number of hydrogen-bond donors (Lipinski definition) is 0. The molecule has 0 radical (unpaired) electrons. The van der Waals surface area contributed by atoms with Crippen molar-refractivity contribution in [2.75, 3.05) is 37.0 Å².